The van der Waals surface area contributed by atoms with Crippen molar-refractivity contribution in [1.82, 2.24) is 4.98 Å². The number of nitrogens with two attached hydrogens (primary N) is 1. The van der Waals surface area contributed by atoms with Gasteiger partial charge in [0.2, 0.25) is 0 Å². The number of rotatable bonds is 2. The first-order valence-corrected chi connectivity index (χ1v) is 5.09. The van der Waals surface area contributed by atoms with E-state index < -0.39 is 0 Å². The normalized spacial score (nSPS) is 12.4. The monoisotopic (exact) mass is 216 g/mol. The van der Waals surface area contributed by atoms with Crippen molar-refractivity contribution in [2.24, 2.45) is 5.73 Å². The van der Waals surface area contributed by atoms with Crippen LogP contribution in [0.2, 0.25) is 0 Å². The standard InChI is InChI=1S/C13H13FN2/c1-9-6-11(8-16-7-9)13(15)10-2-4-12(14)5-3-10/h2-8,13H,15H2,1H3. The van der Waals surface area contributed by atoms with Crippen molar-refractivity contribution < 1.29 is 4.39 Å². The first-order valence-electron chi connectivity index (χ1n) is 5.09. The molecule has 0 aliphatic rings. The molecular formula is C13H13FN2. The van der Waals surface area contributed by atoms with Gasteiger partial charge < -0.3 is 5.73 Å². The second kappa shape index (κ2) is 4.41. The van der Waals surface area contributed by atoms with Crippen LogP contribution in [-0.4, -0.2) is 4.98 Å². The van der Waals surface area contributed by atoms with Crippen molar-refractivity contribution in [3.63, 3.8) is 0 Å². The highest BCUT2D eigenvalue weighted by Gasteiger charge is 2.09. The van der Waals surface area contributed by atoms with Gasteiger partial charge in [0, 0.05) is 12.4 Å². The van der Waals surface area contributed by atoms with Crippen LogP contribution in [0.1, 0.15) is 22.7 Å². The van der Waals surface area contributed by atoms with E-state index in [-0.39, 0.29) is 11.9 Å². The summed E-state index contributed by atoms with van der Waals surface area (Å²) in [5, 5.41) is 0. The molecule has 3 heteroatoms. The van der Waals surface area contributed by atoms with Crippen LogP contribution in [0.5, 0.6) is 0 Å². The number of benzene rings is 1. The van der Waals surface area contributed by atoms with E-state index in [9.17, 15) is 4.39 Å². The van der Waals surface area contributed by atoms with Gasteiger partial charge in [0.15, 0.2) is 0 Å². The number of hydrogen-bond donors (Lipinski definition) is 1. The number of aromatic nitrogens is 1. The number of pyridine rings is 1. The van der Waals surface area contributed by atoms with E-state index in [1.54, 1.807) is 24.5 Å². The lowest BCUT2D eigenvalue weighted by Gasteiger charge is -2.12. The second-order valence-corrected chi connectivity index (χ2v) is 3.82. The van der Waals surface area contributed by atoms with Gasteiger partial charge in [-0.25, -0.2) is 4.39 Å². The maximum Gasteiger partial charge on any atom is 0.123 e. The van der Waals surface area contributed by atoms with Crippen molar-refractivity contribution in [2.45, 2.75) is 13.0 Å². The van der Waals surface area contributed by atoms with Gasteiger partial charge >= 0.3 is 0 Å². The maximum absolute atomic E-state index is 12.8. The van der Waals surface area contributed by atoms with Crippen LogP contribution in [0.4, 0.5) is 4.39 Å². The SMILES string of the molecule is Cc1cncc(C(N)c2ccc(F)cc2)c1. The molecule has 2 nitrogen and oxygen atoms in total. The summed E-state index contributed by atoms with van der Waals surface area (Å²) in [6, 6.07) is 7.95. The van der Waals surface area contributed by atoms with Crippen LogP contribution in [0.25, 0.3) is 0 Å². The Hall–Kier alpha value is -1.74. The van der Waals surface area contributed by atoms with Crippen LogP contribution < -0.4 is 5.73 Å². The molecule has 0 fully saturated rings. The largest absolute Gasteiger partial charge is 0.320 e. The van der Waals surface area contributed by atoms with E-state index in [0.29, 0.717) is 0 Å². The fourth-order valence-electron chi connectivity index (χ4n) is 1.61. The molecule has 0 radical (unpaired) electrons. The minimum atomic E-state index is -0.256. The lowest BCUT2D eigenvalue weighted by molar-refractivity contribution is 0.626. The molecule has 1 aromatic carbocycles. The minimum absolute atomic E-state index is 0.252. The molecule has 2 rings (SSSR count). The first kappa shape index (κ1) is 10.8. The van der Waals surface area contributed by atoms with Crippen LogP contribution >= 0.6 is 0 Å². The van der Waals surface area contributed by atoms with Gasteiger partial charge in [0.25, 0.3) is 0 Å². The molecule has 82 valence electrons. The van der Waals surface area contributed by atoms with Gasteiger partial charge in [-0.3, -0.25) is 4.98 Å². The third kappa shape index (κ3) is 2.25. The maximum atomic E-state index is 12.8. The van der Waals surface area contributed by atoms with Crippen LogP contribution in [0, 0.1) is 12.7 Å². The molecule has 0 aliphatic carbocycles. The van der Waals surface area contributed by atoms with Gasteiger partial charge in [0.05, 0.1) is 6.04 Å². The molecule has 0 saturated heterocycles. The molecule has 1 atom stereocenters. The van der Waals surface area contributed by atoms with Crippen molar-refractivity contribution >= 4 is 0 Å². The van der Waals surface area contributed by atoms with E-state index in [1.165, 1.54) is 12.1 Å². The number of hydrogen-bond acceptors (Lipinski definition) is 2. The summed E-state index contributed by atoms with van der Waals surface area (Å²) >= 11 is 0. The van der Waals surface area contributed by atoms with E-state index in [1.807, 2.05) is 13.0 Å². The molecule has 0 aliphatic heterocycles. The Labute approximate surface area is 93.9 Å². The van der Waals surface area contributed by atoms with Gasteiger partial charge in [-0.05, 0) is 35.7 Å². The summed E-state index contributed by atoms with van der Waals surface area (Å²) in [5.74, 6) is -0.252. The molecule has 2 aromatic rings. The molecule has 1 unspecified atom stereocenters. The summed E-state index contributed by atoms with van der Waals surface area (Å²) in [6.07, 6.45) is 3.52. The van der Waals surface area contributed by atoms with Gasteiger partial charge in [0.1, 0.15) is 5.82 Å². The zero-order chi connectivity index (χ0) is 11.5. The molecule has 0 amide bonds. The topological polar surface area (TPSA) is 38.9 Å². The fourth-order valence-corrected chi connectivity index (χ4v) is 1.61. The quantitative estimate of drug-likeness (QED) is 0.838. The molecule has 16 heavy (non-hydrogen) atoms. The molecule has 0 saturated carbocycles. The third-order valence-corrected chi connectivity index (χ3v) is 2.48. The zero-order valence-electron chi connectivity index (χ0n) is 9.02. The number of aryl methyl sites for hydroxylation is 1. The Bertz CT molecular complexity index is 480. The van der Waals surface area contributed by atoms with E-state index in [2.05, 4.69) is 4.98 Å². The predicted octanol–water partition coefficient (Wildman–Crippen LogP) is 2.58. The highest BCUT2D eigenvalue weighted by molar-refractivity contribution is 5.31. The highest BCUT2D eigenvalue weighted by atomic mass is 19.1. The second-order valence-electron chi connectivity index (χ2n) is 3.82. The zero-order valence-corrected chi connectivity index (χ0v) is 9.02. The Morgan fingerprint density at radius 3 is 2.44 bits per heavy atom. The third-order valence-electron chi connectivity index (χ3n) is 2.48. The van der Waals surface area contributed by atoms with E-state index in [0.717, 1.165) is 16.7 Å². The smallest absolute Gasteiger partial charge is 0.123 e. The van der Waals surface area contributed by atoms with E-state index >= 15 is 0 Å². The molecule has 1 heterocycles. The average Bonchev–Trinajstić information content (AvgIpc) is 2.29. The lowest BCUT2D eigenvalue weighted by Crippen LogP contribution is -2.12. The van der Waals surface area contributed by atoms with Crippen LogP contribution in [0.15, 0.2) is 42.7 Å². The molecular weight excluding hydrogens is 203 g/mol. The summed E-state index contributed by atoms with van der Waals surface area (Å²) in [4.78, 5) is 4.09. The van der Waals surface area contributed by atoms with Crippen molar-refractivity contribution in [2.75, 3.05) is 0 Å². The molecule has 0 spiro atoms. The lowest BCUT2D eigenvalue weighted by atomic mass is 10.0. The highest BCUT2D eigenvalue weighted by Crippen LogP contribution is 2.19. The van der Waals surface area contributed by atoms with Crippen molar-refractivity contribution in [3.05, 3.63) is 65.2 Å². The Balaban J connectivity index is 2.31. The first-order chi connectivity index (χ1) is 7.66. The number of halogens is 1. The summed E-state index contributed by atoms with van der Waals surface area (Å²) in [6.45, 7) is 1.97. The number of nitrogens with zero attached hydrogens (tertiary/aromatic N) is 1. The van der Waals surface area contributed by atoms with Crippen molar-refractivity contribution in [3.8, 4) is 0 Å². The molecule has 0 bridgehead atoms. The average molecular weight is 216 g/mol. The fraction of sp³-hybridized carbons (Fsp3) is 0.154. The summed E-state index contributed by atoms with van der Waals surface area (Å²) in [7, 11) is 0. The minimum Gasteiger partial charge on any atom is -0.320 e. The van der Waals surface area contributed by atoms with E-state index in [4.69, 9.17) is 5.73 Å². The molecule has 1 aromatic heterocycles. The van der Waals surface area contributed by atoms with Crippen LogP contribution in [-0.2, 0) is 0 Å². The van der Waals surface area contributed by atoms with Crippen LogP contribution in [0.3, 0.4) is 0 Å². The Morgan fingerprint density at radius 1 is 1.12 bits per heavy atom. The van der Waals surface area contributed by atoms with Gasteiger partial charge in [-0.15, -0.1) is 0 Å². The summed E-state index contributed by atoms with van der Waals surface area (Å²) < 4.78 is 12.8. The van der Waals surface area contributed by atoms with Crippen molar-refractivity contribution in [1.29, 1.82) is 0 Å². The summed E-state index contributed by atoms with van der Waals surface area (Å²) in [5.41, 5.74) is 8.96. The van der Waals surface area contributed by atoms with Gasteiger partial charge in [-0.1, -0.05) is 18.2 Å². The molecule has 2 N–H and O–H groups in total. The Kier molecular flexibility index (Phi) is 2.97. The predicted molar refractivity (Wildman–Crippen MR) is 61.4 cm³/mol. The van der Waals surface area contributed by atoms with Gasteiger partial charge in [-0.2, -0.15) is 0 Å². The Morgan fingerprint density at radius 2 is 1.81 bits per heavy atom.